The number of amides is 1. The quantitative estimate of drug-likeness (QED) is 0.355. The minimum absolute atomic E-state index is 0.0959. The molecule has 0 spiro atoms. The van der Waals surface area contributed by atoms with Crippen molar-refractivity contribution < 1.29 is 9.21 Å². The molecule has 2 heterocycles. The predicted molar refractivity (Wildman–Crippen MR) is 114 cm³/mol. The Balaban J connectivity index is 1.53. The van der Waals surface area contributed by atoms with Crippen LogP contribution in [0.3, 0.4) is 0 Å². The molecule has 0 aliphatic heterocycles. The Morgan fingerprint density at radius 3 is 2.03 bits per heavy atom. The molecule has 0 saturated heterocycles. The molecule has 6 heteroatoms. The van der Waals surface area contributed by atoms with Crippen molar-refractivity contribution >= 4 is 17.7 Å². The van der Waals surface area contributed by atoms with E-state index in [1.807, 2.05) is 72.8 Å². The smallest absolute Gasteiger partial charge is 0.230 e. The summed E-state index contributed by atoms with van der Waals surface area (Å²) in [5.74, 6) is 0.853. The zero-order chi connectivity index (χ0) is 19.9. The highest BCUT2D eigenvalue weighted by atomic mass is 32.2. The number of hydrogen-bond donors (Lipinski definition) is 1. The lowest BCUT2D eigenvalue weighted by atomic mass is 10.1. The molecule has 2 aromatic carbocycles. The van der Waals surface area contributed by atoms with Crippen LogP contribution in [0.2, 0.25) is 0 Å². The fourth-order valence-electron chi connectivity index (χ4n) is 2.78. The molecule has 29 heavy (non-hydrogen) atoms. The van der Waals surface area contributed by atoms with E-state index in [1.54, 1.807) is 12.3 Å². The number of hydrogen-bond acceptors (Lipinski definition) is 5. The van der Waals surface area contributed by atoms with Gasteiger partial charge in [-0.3, -0.25) is 4.79 Å². The maximum atomic E-state index is 12.2. The van der Waals surface area contributed by atoms with Crippen LogP contribution in [0.15, 0.2) is 94.7 Å². The van der Waals surface area contributed by atoms with Gasteiger partial charge in [-0.05, 0) is 18.2 Å². The maximum absolute atomic E-state index is 12.2. The Kier molecular flexibility index (Phi) is 6.02. The van der Waals surface area contributed by atoms with E-state index in [-0.39, 0.29) is 11.7 Å². The van der Waals surface area contributed by atoms with E-state index in [2.05, 4.69) is 15.3 Å². The van der Waals surface area contributed by atoms with E-state index in [0.717, 1.165) is 28.3 Å². The number of nitrogens with one attached hydrogen (secondary N) is 1. The van der Waals surface area contributed by atoms with Crippen molar-refractivity contribution in [3.8, 4) is 22.5 Å². The molecule has 0 fully saturated rings. The molecule has 1 amide bonds. The number of nitrogens with zero attached hydrogens (tertiary/aromatic N) is 2. The number of benzene rings is 2. The first-order chi connectivity index (χ1) is 14.3. The van der Waals surface area contributed by atoms with E-state index in [9.17, 15) is 4.79 Å². The average Bonchev–Trinajstić information content (AvgIpc) is 3.31. The average molecular weight is 401 g/mol. The van der Waals surface area contributed by atoms with Crippen LogP contribution in [0.1, 0.15) is 5.76 Å². The highest BCUT2D eigenvalue weighted by Crippen LogP contribution is 2.26. The standard InChI is InChI=1S/C23H19N3O2S/c27-22(24-15-19-12-7-13-28-19)16-29-23-25-20(17-8-3-1-4-9-17)14-21(26-23)18-10-5-2-6-11-18/h1-14H,15-16H2,(H,24,27). The molecule has 0 unspecified atom stereocenters. The summed E-state index contributed by atoms with van der Waals surface area (Å²) in [7, 11) is 0. The van der Waals surface area contributed by atoms with Crippen molar-refractivity contribution in [2.45, 2.75) is 11.7 Å². The van der Waals surface area contributed by atoms with Crippen LogP contribution in [0.5, 0.6) is 0 Å². The summed E-state index contributed by atoms with van der Waals surface area (Å²) in [5, 5.41) is 3.41. The molecule has 144 valence electrons. The van der Waals surface area contributed by atoms with Crippen LogP contribution < -0.4 is 5.32 Å². The van der Waals surface area contributed by atoms with Gasteiger partial charge in [0, 0.05) is 11.1 Å². The molecule has 4 rings (SSSR count). The molecular formula is C23H19N3O2S. The first-order valence-electron chi connectivity index (χ1n) is 9.20. The summed E-state index contributed by atoms with van der Waals surface area (Å²) in [5.41, 5.74) is 3.68. The van der Waals surface area contributed by atoms with Crippen LogP contribution >= 0.6 is 11.8 Å². The van der Waals surface area contributed by atoms with E-state index in [1.165, 1.54) is 11.8 Å². The van der Waals surface area contributed by atoms with Crippen molar-refractivity contribution in [3.05, 3.63) is 90.9 Å². The molecule has 4 aromatic rings. The molecule has 5 nitrogen and oxygen atoms in total. The van der Waals surface area contributed by atoms with Gasteiger partial charge >= 0.3 is 0 Å². The lowest BCUT2D eigenvalue weighted by Gasteiger charge is -2.09. The van der Waals surface area contributed by atoms with Gasteiger partial charge in [-0.25, -0.2) is 9.97 Å². The minimum atomic E-state index is -0.0959. The van der Waals surface area contributed by atoms with Crippen LogP contribution in [0.25, 0.3) is 22.5 Å². The Morgan fingerprint density at radius 2 is 1.48 bits per heavy atom. The van der Waals surface area contributed by atoms with E-state index >= 15 is 0 Å². The van der Waals surface area contributed by atoms with Crippen molar-refractivity contribution in [2.75, 3.05) is 5.75 Å². The number of aromatic nitrogens is 2. The predicted octanol–water partition coefficient (Wildman–Crippen LogP) is 4.81. The Labute approximate surface area is 173 Å². The summed E-state index contributed by atoms with van der Waals surface area (Å²) in [4.78, 5) is 21.5. The second kappa shape index (κ2) is 9.21. The van der Waals surface area contributed by atoms with Crippen LogP contribution in [0, 0.1) is 0 Å². The van der Waals surface area contributed by atoms with Crippen LogP contribution in [-0.4, -0.2) is 21.6 Å². The zero-order valence-electron chi connectivity index (χ0n) is 15.6. The van der Waals surface area contributed by atoms with Gasteiger partial charge in [0.15, 0.2) is 5.16 Å². The van der Waals surface area contributed by atoms with E-state index in [0.29, 0.717) is 11.7 Å². The van der Waals surface area contributed by atoms with Gasteiger partial charge in [0.05, 0.1) is 29.9 Å². The molecule has 0 atom stereocenters. The summed E-state index contributed by atoms with van der Waals surface area (Å²) in [6.45, 7) is 0.368. The third-order valence-electron chi connectivity index (χ3n) is 4.22. The lowest BCUT2D eigenvalue weighted by Crippen LogP contribution is -2.24. The molecule has 0 radical (unpaired) electrons. The second-order valence-corrected chi connectivity index (χ2v) is 7.24. The molecule has 0 aliphatic carbocycles. The number of furan rings is 1. The lowest BCUT2D eigenvalue weighted by molar-refractivity contribution is -0.118. The number of carbonyl (C=O) groups is 1. The van der Waals surface area contributed by atoms with Crippen molar-refractivity contribution in [2.24, 2.45) is 0 Å². The fourth-order valence-corrected chi connectivity index (χ4v) is 3.47. The van der Waals surface area contributed by atoms with Crippen molar-refractivity contribution in [1.82, 2.24) is 15.3 Å². The molecule has 0 aliphatic rings. The maximum Gasteiger partial charge on any atom is 0.230 e. The van der Waals surface area contributed by atoms with E-state index in [4.69, 9.17) is 4.42 Å². The van der Waals surface area contributed by atoms with Gasteiger partial charge in [0.2, 0.25) is 5.91 Å². The summed E-state index contributed by atoms with van der Waals surface area (Å²) in [6, 6.07) is 25.5. The van der Waals surface area contributed by atoms with Gasteiger partial charge in [-0.1, -0.05) is 72.4 Å². The minimum Gasteiger partial charge on any atom is -0.467 e. The fraction of sp³-hybridized carbons (Fsp3) is 0.0870. The summed E-state index contributed by atoms with van der Waals surface area (Å²) in [6.07, 6.45) is 1.59. The van der Waals surface area contributed by atoms with Crippen LogP contribution in [-0.2, 0) is 11.3 Å². The Bertz CT molecular complexity index is 1010. The van der Waals surface area contributed by atoms with Gasteiger partial charge in [0.1, 0.15) is 5.76 Å². The van der Waals surface area contributed by atoms with E-state index < -0.39 is 0 Å². The number of rotatable bonds is 7. The Morgan fingerprint density at radius 1 is 0.862 bits per heavy atom. The third kappa shape index (κ3) is 5.12. The normalized spacial score (nSPS) is 10.6. The summed E-state index contributed by atoms with van der Waals surface area (Å²) >= 11 is 1.32. The monoisotopic (exact) mass is 401 g/mol. The second-order valence-electron chi connectivity index (χ2n) is 6.30. The molecule has 0 saturated carbocycles. The highest BCUT2D eigenvalue weighted by Gasteiger charge is 2.11. The van der Waals surface area contributed by atoms with Gasteiger partial charge in [-0.15, -0.1) is 0 Å². The largest absolute Gasteiger partial charge is 0.467 e. The van der Waals surface area contributed by atoms with Gasteiger partial charge in [-0.2, -0.15) is 0 Å². The Hall–Kier alpha value is -3.38. The molecular weight excluding hydrogens is 382 g/mol. The number of thioether (sulfide) groups is 1. The van der Waals surface area contributed by atoms with Gasteiger partial charge in [0.25, 0.3) is 0 Å². The topological polar surface area (TPSA) is 68.0 Å². The summed E-state index contributed by atoms with van der Waals surface area (Å²) < 4.78 is 5.23. The first kappa shape index (κ1) is 19.0. The van der Waals surface area contributed by atoms with Gasteiger partial charge < -0.3 is 9.73 Å². The molecule has 2 aromatic heterocycles. The third-order valence-corrected chi connectivity index (χ3v) is 5.06. The van der Waals surface area contributed by atoms with Crippen molar-refractivity contribution in [3.63, 3.8) is 0 Å². The number of carbonyl (C=O) groups excluding carboxylic acids is 1. The van der Waals surface area contributed by atoms with Crippen LogP contribution in [0.4, 0.5) is 0 Å². The van der Waals surface area contributed by atoms with Crippen molar-refractivity contribution in [1.29, 1.82) is 0 Å². The SMILES string of the molecule is O=C(CSc1nc(-c2ccccc2)cc(-c2ccccc2)n1)NCc1ccco1. The molecule has 1 N–H and O–H groups in total. The first-order valence-corrected chi connectivity index (χ1v) is 10.2. The zero-order valence-corrected chi connectivity index (χ0v) is 16.4. The highest BCUT2D eigenvalue weighted by molar-refractivity contribution is 7.99. The molecule has 0 bridgehead atoms.